The molecule has 3 rings (SSSR count). The van der Waals surface area contributed by atoms with E-state index in [-0.39, 0.29) is 5.91 Å². The van der Waals surface area contributed by atoms with Gasteiger partial charge in [-0.1, -0.05) is 6.92 Å². The Morgan fingerprint density at radius 1 is 1.35 bits per heavy atom. The lowest BCUT2D eigenvalue weighted by Crippen LogP contribution is -2.42. The molecule has 2 aromatic rings. The van der Waals surface area contributed by atoms with Crippen LogP contribution in [0.15, 0.2) is 22.8 Å². The van der Waals surface area contributed by atoms with Crippen molar-refractivity contribution in [2.45, 2.75) is 46.1 Å². The van der Waals surface area contributed by atoms with Crippen molar-refractivity contribution in [1.29, 1.82) is 0 Å². The number of hydrogen-bond acceptors (Lipinski definition) is 3. The lowest BCUT2D eigenvalue weighted by Gasteiger charge is -2.28. The van der Waals surface area contributed by atoms with Crippen molar-refractivity contribution < 1.29 is 9.21 Å². The smallest absolute Gasteiger partial charge is 0.227 e. The molecule has 4 nitrogen and oxygen atoms in total. The van der Waals surface area contributed by atoms with Crippen LogP contribution in [0.3, 0.4) is 0 Å². The number of fused-ring (bicyclic) bond motifs is 1. The molecule has 1 unspecified atom stereocenters. The molecule has 1 saturated heterocycles. The average molecular weight is 314 g/mol. The summed E-state index contributed by atoms with van der Waals surface area (Å²) in [5, 5.41) is 4.43. The number of benzene rings is 1. The van der Waals surface area contributed by atoms with Crippen molar-refractivity contribution in [3.63, 3.8) is 0 Å². The van der Waals surface area contributed by atoms with Crippen LogP contribution in [0.2, 0.25) is 0 Å². The Hall–Kier alpha value is -1.81. The third kappa shape index (κ3) is 3.27. The van der Waals surface area contributed by atoms with Gasteiger partial charge in [0.15, 0.2) is 0 Å². The Kier molecular flexibility index (Phi) is 4.71. The highest BCUT2D eigenvalue weighted by molar-refractivity contribution is 5.88. The Morgan fingerprint density at radius 3 is 2.83 bits per heavy atom. The highest BCUT2D eigenvalue weighted by Gasteiger charge is 2.26. The lowest BCUT2D eigenvalue weighted by atomic mass is 10.0. The number of hydrogen-bond donors (Lipinski definition) is 1. The van der Waals surface area contributed by atoms with Crippen molar-refractivity contribution >= 4 is 16.9 Å². The summed E-state index contributed by atoms with van der Waals surface area (Å²) in [5.74, 6) is 0.210. The van der Waals surface area contributed by atoms with Gasteiger partial charge in [-0.05, 0) is 56.5 Å². The molecule has 1 atom stereocenters. The van der Waals surface area contributed by atoms with E-state index in [0.29, 0.717) is 12.5 Å². The second-order valence-electron chi connectivity index (χ2n) is 6.60. The van der Waals surface area contributed by atoms with Gasteiger partial charge in [0.1, 0.15) is 5.58 Å². The Labute approximate surface area is 137 Å². The fourth-order valence-corrected chi connectivity index (χ4v) is 3.39. The molecule has 1 aromatic heterocycles. The van der Waals surface area contributed by atoms with E-state index in [0.717, 1.165) is 49.0 Å². The van der Waals surface area contributed by atoms with Gasteiger partial charge in [0, 0.05) is 30.1 Å². The summed E-state index contributed by atoms with van der Waals surface area (Å²) in [5.41, 5.74) is 4.33. The van der Waals surface area contributed by atoms with Gasteiger partial charge in [-0.3, -0.25) is 4.79 Å². The standard InChI is InChI=1S/C19H26N2O2/c1-4-7-21(16-5-6-20-11-16)19(22)10-15-12-23-18-9-14(3)13(2)8-17(15)18/h8-9,12,16,20H,4-7,10-11H2,1-3H3. The highest BCUT2D eigenvalue weighted by atomic mass is 16.3. The zero-order valence-corrected chi connectivity index (χ0v) is 14.3. The van der Waals surface area contributed by atoms with Crippen LogP contribution in [0.1, 0.15) is 36.5 Å². The quantitative estimate of drug-likeness (QED) is 0.922. The Balaban J connectivity index is 1.82. The number of nitrogens with one attached hydrogen (secondary N) is 1. The first-order chi connectivity index (χ1) is 11.1. The Bertz CT molecular complexity index is 699. The molecule has 1 amide bonds. The van der Waals surface area contributed by atoms with Crippen molar-refractivity contribution in [1.82, 2.24) is 10.2 Å². The van der Waals surface area contributed by atoms with Crippen molar-refractivity contribution in [2.75, 3.05) is 19.6 Å². The summed E-state index contributed by atoms with van der Waals surface area (Å²) in [6.45, 7) is 9.06. The van der Waals surface area contributed by atoms with Gasteiger partial charge in [0.25, 0.3) is 0 Å². The minimum atomic E-state index is 0.210. The van der Waals surface area contributed by atoms with Crippen molar-refractivity contribution in [3.05, 3.63) is 35.1 Å². The summed E-state index contributed by atoms with van der Waals surface area (Å²) in [6.07, 6.45) is 4.22. The first kappa shape index (κ1) is 16.1. The summed E-state index contributed by atoms with van der Waals surface area (Å²) in [4.78, 5) is 14.9. The van der Waals surface area contributed by atoms with Crippen LogP contribution >= 0.6 is 0 Å². The summed E-state index contributed by atoms with van der Waals surface area (Å²) in [7, 11) is 0. The highest BCUT2D eigenvalue weighted by Crippen LogP contribution is 2.26. The van der Waals surface area contributed by atoms with Gasteiger partial charge in [-0.2, -0.15) is 0 Å². The second-order valence-corrected chi connectivity index (χ2v) is 6.60. The van der Waals surface area contributed by atoms with E-state index < -0.39 is 0 Å². The maximum atomic E-state index is 12.8. The lowest BCUT2D eigenvalue weighted by molar-refractivity contribution is -0.132. The number of carbonyl (C=O) groups is 1. The third-order valence-corrected chi connectivity index (χ3v) is 4.87. The molecule has 1 N–H and O–H groups in total. The molecule has 0 saturated carbocycles. The van der Waals surface area contributed by atoms with E-state index in [1.165, 1.54) is 11.1 Å². The topological polar surface area (TPSA) is 45.5 Å². The molecule has 0 bridgehead atoms. The summed E-state index contributed by atoms with van der Waals surface area (Å²) >= 11 is 0. The van der Waals surface area contributed by atoms with E-state index in [1.807, 2.05) is 0 Å². The normalized spacial score (nSPS) is 17.8. The fourth-order valence-electron chi connectivity index (χ4n) is 3.39. The second kappa shape index (κ2) is 6.75. The maximum absolute atomic E-state index is 12.8. The monoisotopic (exact) mass is 314 g/mol. The molecule has 124 valence electrons. The van der Waals surface area contributed by atoms with Crippen LogP contribution in [-0.4, -0.2) is 36.5 Å². The molecular weight excluding hydrogens is 288 g/mol. The van der Waals surface area contributed by atoms with E-state index >= 15 is 0 Å². The van der Waals surface area contributed by atoms with Crippen LogP contribution in [0.5, 0.6) is 0 Å². The zero-order chi connectivity index (χ0) is 16.4. The van der Waals surface area contributed by atoms with E-state index in [4.69, 9.17) is 4.42 Å². The first-order valence-electron chi connectivity index (χ1n) is 8.57. The number of carbonyl (C=O) groups excluding carboxylic acids is 1. The molecular formula is C19H26N2O2. The fraction of sp³-hybridized carbons (Fsp3) is 0.526. The molecule has 2 heterocycles. The molecule has 0 spiro atoms. The summed E-state index contributed by atoms with van der Waals surface area (Å²) < 4.78 is 5.67. The van der Waals surface area contributed by atoms with Crippen molar-refractivity contribution in [3.8, 4) is 0 Å². The van der Waals surface area contributed by atoms with Crippen LogP contribution in [0, 0.1) is 13.8 Å². The van der Waals surface area contributed by atoms with Crippen LogP contribution < -0.4 is 5.32 Å². The predicted molar refractivity (Wildman–Crippen MR) is 92.7 cm³/mol. The van der Waals surface area contributed by atoms with Gasteiger partial charge in [0.2, 0.25) is 5.91 Å². The van der Waals surface area contributed by atoms with E-state index in [2.05, 4.69) is 43.1 Å². The van der Waals surface area contributed by atoms with Gasteiger partial charge in [0.05, 0.1) is 12.7 Å². The average Bonchev–Trinajstić information content (AvgIpc) is 3.17. The molecule has 1 fully saturated rings. The molecule has 0 aliphatic carbocycles. The van der Waals surface area contributed by atoms with Gasteiger partial charge in [-0.15, -0.1) is 0 Å². The number of rotatable bonds is 5. The summed E-state index contributed by atoms with van der Waals surface area (Å²) in [6, 6.07) is 4.53. The van der Waals surface area contributed by atoms with Gasteiger partial charge in [-0.25, -0.2) is 0 Å². The van der Waals surface area contributed by atoms with E-state index in [1.54, 1.807) is 6.26 Å². The van der Waals surface area contributed by atoms with Gasteiger partial charge < -0.3 is 14.6 Å². The molecule has 1 aliphatic rings. The number of amides is 1. The Morgan fingerprint density at radius 2 is 2.13 bits per heavy atom. The number of nitrogens with zero attached hydrogens (tertiary/aromatic N) is 1. The number of furan rings is 1. The number of aryl methyl sites for hydroxylation is 2. The molecule has 23 heavy (non-hydrogen) atoms. The van der Waals surface area contributed by atoms with Crippen LogP contribution in [0.25, 0.3) is 11.0 Å². The molecule has 1 aliphatic heterocycles. The minimum Gasteiger partial charge on any atom is -0.464 e. The van der Waals surface area contributed by atoms with E-state index in [9.17, 15) is 4.79 Å². The largest absolute Gasteiger partial charge is 0.464 e. The SMILES string of the molecule is CCCN(C(=O)Cc1coc2cc(C)c(C)cc12)C1CCNC1. The van der Waals surface area contributed by atoms with Gasteiger partial charge >= 0.3 is 0 Å². The molecule has 4 heteroatoms. The van der Waals surface area contributed by atoms with Crippen LogP contribution in [0.4, 0.5) is 0 Å². The maximum Gasteiger partial charge on any atom is 0.227 e. The predicted octanol–water partition coefficient (Wildman–Crippen LogP) is 3.19. The molecule has 0 radical (unpaired) electrons. The van der Waals surface area contributed by atoms with Crippen molar-refractivity contribution in [2.24, 2.45) is 0 Å². The molecule has 1 aromatic carbocycles. The third-order valence-electron chi connectivity index (χ3n) is 4.87. The van der Waals surface area contributed by atoms with Crippen LogP contribution in [-0.2, 0) is 11.2 Å². The zero-order valence-electron chi connectivity index (χ0n) is 14.3. The minimum absolute atomic E-state index is 0.210. The first-order valence-corrected chi connectivity index (χ1v) is 8.57.